The summed E-state index contributed by atoms with van der Waals surface area (Å²) in [5, 5.41) is 9.54. The molecule has 0 fully saturated rings. The van der Waals surface area contributed by atoms with Crippen LogP contribution in [0.1, 0.15) is 16.8 Å². The summed E-state index contributed by atoms with van der Waals surface area (Å²) in [4.78, 5) is 11.7. The van der Waals surface area contributed by atoms with Crippen LogP contribution in [0, 0.1) is 20.8 Å². The summed E-state index contributed by atoms with van der Waals surface area (Å²) in [5.41, 5.74) is 2.97. The van der Waals surface area contributed by atoms with E-state index < -0.39 is 0 Å². The van der Waals surface area contributed by atoms with Crippen LogP contribution in [0.5, 0.6) is 5.75 Å². The minimum Gasteiger partial charge on any atom is -0.484 e. The molecule has 1 amide bonds. The number of aromatic amines is 1. The van der Waals surface area contributed by atoms with Gasteiger partial charge in [-0.25, -0.2) is 0 Å². The molecule has 2 aromatic rings. The second kappa shape index (κ2) is 5.56. The molecule has 2 N–H and O–H groups in total. The smallest absolute Gasteiger partial charge is 0.263 e. The second-order valence-corrected chi connectivity index (χ2v) is 4.48. The van der Waals surface area contributed by atoms with Gasteiger partial charge in [-0.2, -0.15) is 5.10 Å². The number of carbonyl (C=O) groups excluding carboxylic acids is 1. The third-order valence-corrected chi connectivity index (χ3v) is 2.87. The molecule has 0 aliphatic rings. The Labute approximate surface area is 112 Å². The number of H-pyrrole nitrogens is 1. The highest BCUT2D eigenvalue weighted by molar-refractivity contribution is 5.91. The van der Waals surface area contributed by atoms with Crippen LogP contribution in [0.25, 0.3) is 0 Å². The van der Waals surface area contributed by atoms with Gasteiger partial charge >= 0.3 is 0 Å². The Hall–Kier alpha value is -2.30. The average Bonchev–Trinajstić information content (AvgIpc) is 2.69. The van der Waals surface area contributed by atoms with E-state index in [1.807, 2.05) is 45.0 Å². The zero-order valence-electron chi connectivity index (χ0n) is 11.3. The topological polar surface area (TPSA) is 67.0 Å². The lowest BCUT2D eigenvalue weighted by Gasteiger charge is -2.07. The Morgan fingerprint density at radius 1 is 1.37 bits per heavy atom. The van der Waals surface area contributed by atoms with Crippen molar-refractivity contribution in [2.24, 2.45) is 0 Å². The number of benzene rings is 1. The molecule has 1 heterocycles. The molecule has 0 unspecified atom stereocenters. The van der Waals surface area contributed by atoms with E-state index >= 15 is 0 Å². The number of nitrogens with one attached hydrogen (secondary N) is 2. The van der Waals surface area contributed by atoms with Crippen LogP contribution in [-0.4, -0.2) is 22.7 Å². The lowest BCUT2D eigenvalue weighted by Crippen LogP contribution is -2.20. The summed E-state index contributed by atoms with van der Waals surface area (Å²) in [7, 11) is 0. The molecular weight excluding hydrogens is 242 g/mol. The van der Waals surface area contributed by atoms with Crippen LogP contribution in [0.2, 0.25) is 0 Å². The number of hydrogen-bond donors (Lipinski definition) is 2. The quantitative estimate of drug-likeness (QED) is 0.885. The van der Waals surface area contributed by atoms with Crippen LogP contribution >= 0.6 is 0 Å². The standard InChI is InChI=1S/C14H17N3O2/c1-9-5-4-6-12(7-9)19-8-13(18)15-14-10(2)11(3)16-17-14/h4-7H,8H2,1-3H3,(H2,15,16,17,18). The van der Waals surface area contributed by atoms with Gasteiger partial charge in [0.15, 0.2) is 12.4 Å². The van der Waals surface area contributed by atoms with Gasteiger partial charge in [0.2, 0.25) is 0 Å². The summed E-state index contributed by atoms with van der Waals surface area (Å²) in [5.74, 6) is 1.01. The van der Waals surface area contributed by atoms with Gasteiger partial charge in [-0.3, -0.25) is 9.89 Å². The van der Waals surface area contributed by atoms with Gasteiger partial charge in [0.25, 0.3) is 5.91 Å². The molecule has 0 radical (unpaired) electrons. The summed E-state index contributed by atoms with van der Waals surface area (Å²) >= 11 is 0. The first kappa shape index (κ1) is 13.1. The van der Waals surface area contributed by atoms with E-state index in [2.05, 4.69) is 15.5 Å². The Morgan fingerprint density at radius 2 is 2.16 bits per heavy atom. The molecular formula is C14H17N3O2. The third-order valence-electron chi connectivity index (χ3n) is 2.87. The normalized spacial score (nSPS) is 10.3. The molecule has 0 spiro atoms. The molecule has 5 nitrogen and oxygen atoms in total. The number of anilines is 1. The number of aromatic nitrogens is 2. The van der Waals surface area contributed by atoms with E-state index in [0.717, 1.165) is 16.8 Å². The van der Waals surface area contributed by atoms with Gasteiger partial charge in [0.1, 0.15) is 5.75 Å². The molecule has 19 heavy (non-hydrogen) atoms. The van der Waals surface area contributed by atoms with Gasteiger partial charge in [0, 0.05) is 11.3 Å². The number of rotatable bonds is 4. The molecule has 2 rings (SSSR count). The highest BCUT2D eigenvalue weighted by Crippen LogP contribution is 2.14. The molecule has 1 aromatic heterocycles. The number of carbonyl (C=O) groups is 1. The van der Waals surface area contributed by atoms with Gasteiger partial charge in [0.05, 0.1) is 0 Å². The minimum atomic E-state index is -0.226. The minimum absolute atomic E-state index is 0.0329. The van der Waals surface area contributed by atoms with Crippen LogP contribution in [0.3, 0.4) is 0 Å². The first-order chi connectivity index (χ1) is 9.06. The molecule has 0 saturated heterocycles. The van der Waals surface area contributed by atoms with Crippen molar-refractivity contribution in [1.29, 1.82) is 0 Å². The Balaban J connectivity index is 1.90. The maximum absolute atomic E-state index is 11.7. The molecule has 0 aliphatic carbocycles. The van der Waals surface area contributed by atoms with Crippen LogP contribution < -0.4 is 10.1 Å². The van der Waals surface area contributed by atoms with E-state index in [9.17, 15) is 4.79 Å². The lowest BCUT2D eigenvalue weighted by molar-refractivity contribution is -0.118. The molecule has 0 aliphatic heterocycles. The fourth-order valence-electron chi connectivity index (χ4n) is 1.63. The predicted molar refractivity (Wildman–Crippen MR) is 73.4 cm³/mol. The van der Waals surface area contributed by atoms with Gasteiger partial charge in [-0.15, -0.1) is 0 Å². The first-order valence-corrected chi connectivity index (χ1v) is 6.07. The van der Waals surface area contributed by atoms with Gasteiger partial charge in [-0.05, 0) is 38.5 Å². The van der Waals surface area contributed by atoms with Crippen molar-refractivity contribution < 1.29 is 9.53 Å². The number of hydrogen-bond acceptors (Lipinski definition) is 3. The lowest BCUT2D eigenvalue weighted by atomic mass is 10.2. The van der Waals surface area contributed by atoms with Crippen LogP contribution in [-0.2, 0) is 4.79 Å². The summed E-state index contributed by atoms with van der Waals surface area (Å²) in [6, 6.07) is 7.58. The van der Waals surface area contributed by atoms with E-state index in [0.29, 0.717) is 11.6 Å². The van der Waals surface area contributed by atoms with Crippen molar-refractivity contribution in [3.63, 3.8) is 0 Å². The fraction of sp³-hybridized carbons (Fsp3) is 0.286. The Morgan fingerprint density at radius 3 is 2.79 bits per heavy atom. The number of aryl methyl sites for hydroxylation is 2. The van der Waals surface area contributed by atoms with Crippen LogP contribution in [0.4, 0.5) is 5.82 Å². The molecule has 0 atom stereocenters. The zero-order chi connectivity index (χ0) is 13.8. The summed E-state index contributed by atoms with van der Waals surface area (Å²) in [6.07, 6.45) is 0. The highest BCUT2D eigenvalue weighted by atomic mass is 16.5. The molecule has 1 aromatic carbocycles. The summed E-state index contributed by atoms with van der Waals surface area (Å²) in [6.45, 7) is 5.74. The highest BCUT2D eigenvalue weighted by Gasteiger charge is 2.09. The van der Waals surface area contributed by atoms with Crippen molar-refractivity contribution in [1.82, 2.24) is 10.2 Å². The van der Waals surface area contributed by atoms with E-state index in [4.69, 9.17) is 4.74 Å². The van der Waals surface area contributed by atoms with Crippen molar-refractivity contribution in [3.05, 3.63) is 41.1 Å². The third kappa shape index (κ3) is 3.34. The number of ether oxygens (including phenoxy) is 1. The predicted octanol–water partition coefficient (Wildman–Crippen LogP) is 2.35. The number of nitrogens with zero attached hydrogens (tertiary/aromatic N) is 1. The van der Waals surface area contributed by atoms with Crippen molar-refractivity contribution >= 4 is 11.7 Å². The molecule has 0 saturated carbocycles. The maximum Gasteiger partial charge on any atom is 0.263 e. The SMILES string of the molecule is Cc1cccc(OCC(=O)Nc2n[nH]c(C)c2C)c1. The van der Waals surface area contributed by atoms with E-state index in [1.165, 1.54) is 0 Å². The molecule has 5 heteroatoms. The van der Waals surface area contributed by atoms with Crippen LogP contribution in [0.15, 0.2) is 24.3 Å². The first-order valence-electron chi connectivity index (χ1n) is 6.07. The van der Waals surface area contributed by atoms with Gasteiger partial charge < -0.3 is 10.1 Å². The summed E-state index contributed by atoms with van der Waals surface area (Å²) < 4.78 is 5.42. The zero-order valence-corrected chi connectivity index (χ0v) is 11.3. The molecule has 100 valence electrons. The maximum atomic E-state index is 11.7. The number of amides is 1. The van der Waals surface area contributed by atoms with Crippen molar-refractivity contribution in [2.75, 3.05) is 11.9 Å². The van der Waals surface area contributed by atoms with Gasteiger partial charge in [-0.1, -0.05) is 12.1 Å². The second-order valence-electron chi connectivity index (χ2n) is 4.48. The average molecular weight is 259 g/mol. The molecule has 0 bridgehead atoms. The monoisotopic (exact) mass is 259 g/mol. The van der Waals surface area contributed by atoms with E-state index in [-0.39, 0.29) is 12.5 Å². The van der Waals surface area contributed by atoms with Crippen molar-refractivity contribution in [3.8, 4) is 5.75 Å². The fourth-order valence-corrected chi connectivity index (χ4v) is 1.63. The Bertz CT molecular complexity index is 590. The van der Waals surface area contributed by atoms with E-state index in [1.54, 1.807) is 0 Å². The largest absolute Gasteiger partial charge is 0.484 e. The van der Waals surface area contributed by atoms with Crippen molar-refractivity contribution in [2.45, 2.75) is 20.8 Å². The Kier molecular flexibility index (Phi) is 3.85.